The quantitative estimate of drug-likeness (QED) is 0.327. The molecule has 4 aromatic heterocycles. The van der Waals surface area contributed by atoms with Gasteiger partial charge in [0.2, 0.25) is 5.88 Å². The van der Waals surface area contributed by atoms with Crippen molar-refractivity contribution >= 4 is 21.2 Å². The number of H-pyrrole nitrogens is 1. The van der Waals surface area contributed by atoms with Crippen molar-refractivity contribution in [2.24, 2.45) is 0 Å². The van der Waals surface area contributed by atoms with Crippen molar-refractivity contribution in [3.63, 3.8) is 0 Å². The molecule has 0 amide bonds. The lowest BCUT2D eigenvalue weighted by molar-refractivity contribution is 0.382. The molecule has 0 spiro atoms. The van der Waals surface area contributed by atoms with E-state index in [2.05, 4.69) is 19.9 Å². The fraction of sp³-hybridized carbons (Fsp3) is 0.0455. The summed E-state index contributed by atoms with van der Waals surface area (Å²) in [6.45, 7) is 0. The van der Waals surface area contributed by atoms with E-state index in [1.54, 1.807) is 6.20 Å². The highest BCUT2D eigenvalue weighted by atomic mass is 32.2. The minimum atomic E-state index is -4.64. The highest BCUT2D eigenvalue weighted by Crippen LogP contribution is 2.35. The minimum absolute atomic E-state index is 0.0979. The monoisotopic (exact) mass is 518 g/mol. The zero-order valence-electron chi connectivity index (χ0n) is 18.1. The van der Waals surface area contributed by atoms with E-state index in [0.29, 0.717) is 11.9 Å². The highest BCUT2D eigenvalue weighted by Gasteiger charge is 2.26. The van der Waals surface area contributed by atoms with Gasteiger partial charge in [-0.05, 0) is 18.2 Å². The first kappa shape index (κ1) is 23.3. The average Bonchev–Trinajstić information content (AvgIpc) is 3.52. The SMILES string of the molecule is COc1ncc(F)cc1S(=O)(=O)Nc1ccc(F)c(-c2ccn3c(-c4ncc[nH]4)ncc3c2F)c1F. The molecule has 5 aromatic rings. The van der Waals surface area contributed by atoms with E-state index < -0.39 is 60.9 Å². The standard InChI is InChI=1S/C22H14F4N6O3S/c1-35-22-16(8-11(23)9-30-22)36(33,34)31-14-3-2-13(24)17(19(14)26)12-4-7-32-15(18(12)25)10-29-21(32)20-27-5-6-28-20/h2-10,31H,1H3,(H,27,28). The second-order valence-corrected chi connectivity index (χ2v) is 9.02. The van der Waals surface area contributed by atoms with Crippen LogP contribution in [0.3, 0.4) is 0 Å². The summed E-state index contributed by atoms with van der Waals surface area (Å²) < 4.78 is 93.0. The van der Waals surface area contributed by atoms with E-state index in [1.807, 2.05) is 4.72 Å². The molecule has 0 aliphatic rings. The summed E-state index contributed by atoms with van der Waals surface area (Å²) in [4.78, 5) is 13.8. The lowest BCUT2D eigenvalue weighted by atomic mass is 10.0. The third kappa shape index (κ3) is 3.80. The number of sulfonamides is 1. The molecule has 0 saturated heterocycles. The molecule has 4 heterocycles. The van der Waals surface area contributed by atoms with Gasteiger partial charge in [-0.3, -0.25) is 9.12 Å². The maximum Gasteiger partial charge on any atom is 0.267 e. The summed E-state index contributed by atoms with van der Waals surface area (Å²) in [5, 5.41) is 0. The largest absolute Gasteiger partial charge is 0.480 e. The number of benzene rings is 1. The van der Waals surface area contributed by atoms with Crippen LogP contribution in [0.25, 0.3) is 28.3 Å². The maximum absolute atomic E-state index is 15.4. The molecule has 184 valence electrons. The van der Waals surface area contributed by atoms with E-state index in [9.17, 15) is 17.2 Å². The predicted octanol–water partition coefficient (Wildman–Crippen LogP) is 4.15. The number of aromatic amines is 1. The van der Waals surface area contributed by atoms with Crippen molar-refractivity contribution in [2.45, 2.75) is 4.90 Å². The third-order valence-electron chi connectivity index (χ3n) is 5.23. The molecule has 9 nitrogen and oxygen atoms in total. The van der Waals surface area contributed by atoms with E-state index >= 15 is 8.78 Å². The van der Waals surface area contributed by atoms with Crippen molar-refractivity contribution in [3.05, 3.63) is 78.5 Å². The lowest BCUT2D eigenvalue weighted by Crippen LogP contribution is -2.16. The molecule has 0 bridgehead atoms. The van der Waals surface area contributed by atoms with Gasteiger partial charge in [-0.15, -0.1) is 0 Å². The first-order chi connectivity index (χ1) is 17.2. The number of imidazole rings is 2. The zero-order chi connectivity index (χ0) is 25.6. The number of anilines is 1. The molecule has 36 heavy (non-hydrogen) atoms. The van der Waals surface area contributed by atoms with Gasteiger partial charge >= 0.3 is 0 Å². The maximum atomic E-state index is 15.4. The molecule has 5 rings (SSSR count). The number of hydrogen-bond donors (Lipinski definition) is 2. The molecule has 1 aromatic carbocycles. The number of methoxy groups -OCH3 is 1. The Hall–Kier alpha value is -4.46. The molecular weight excluding hydrogens is 504 g/mol. The summed E-state index contributed by atoms with van der Waals surface area (Å²) in [7, 11) is -3.52. The van der Waals surface area contributed by atoms with Crippen LogP contribution in [0.15, 0.2) is 60.1 Å². The fourth-order valence-corrected chi connectivity index (χ4v) is 4.81. The number of hydrogen-bond acceptors (Lipinski definition) is 6. The molecule has 0 unspecified atom stereocenters. The first-order valence-corrected chi connectivity index (χ1v) is 11.6. The zero-order valence-corrected chi connectivity index (χ0v) is 18.9. The number of rotatable bonds is 6. The van der Waals surface area contributed by atoms with Gasteiger partial charge in [0, 0.05) is 30.2 Å². The van der Waals surface area contributed by atoms with Gasteiger partial charge < -0.3 is 9.72 Å². The number of nitrogens with zero attached hydrogens (tertiary/aromatic N) is 4. The lowest BCUT2D eigenvalue weighted by Gasteiger charge is -2.14. The van der Waals surface area contributed by atoms with Gasteiger partial charge in [-0.2, -0.15) is 0 Å². The second-order valence-electron chi connectivity index (χ2n) is 7.37. The molecule has 0 aliphatic carbocycles. The van der Waals surface area contributed by atoms with Crippen LogP contribution in [0.1, 0.15) is 0 Å². The van der Waals surface area contributed by atoms with Crippen LogP contribution in [0.2, 0.25) is 0 Å². The average molecular weight is 518 g/mol. The number of halogens is 4. The summed E-state index contributed by atoms with van der Waals surface area (Å²) in [5.41, 5.74) is -2.10. The van der Waals surface area contributed by atoms with Crippen molar-refractivity contribution in [1.82, 2.24) is 24.3 Å². The van der Waals surface area contributed by atoms with Gasteiger partial charge in [0.15, 0.2) is 28.2 Å². The van der Waals surface area contributed by atoms with Gasteiger partial charge in [0.05, 0.1) is 30.8 Å². The number of fused-ring (bicyclic) bond motifs is 1. The van der Waals surface area contributed by atoms with Crippen molar-refractivity contribution in [1.29, 1.82) is 0 Å². The molecule has 0 saturated carbocycles. The summed E-state index contributed by atoms with van der Waals surface area (Å²) >= 11 is 0. The summed E-state index contributed by atoms with van der Waals surface area (Å²) in [5.74, 6) is -4.36. The van der Waals surface area contributed by atoms with Crippen LogP contribution >= 0.6 is 0 Å². The Kier molecular flexibility index (Phi) is 5.59. The van der Waals surface area contributed by atoms with Crippen molar-refractivity contribution in [2.75, 3.05) is 11.8 Å². The van der Waals surface area contributed by atoms with Crippen molar-refractivity contribution < 1.29 is 30.7 Å². The van der Waals surface area contributed by atoms with Crippen molar-refractivity contribution in [3.8, 4) is 28.7 Å². The predicted molar refractivity (Wildman–Crippen MR) is 120 cm³/mol. The normalized spacial score (nSPS) is 11.7. The molecular formula is C22H14F4N6O3S. The van der Waals surface area contributed by atoms with Crippen LogP contribution < -0.4 is 9.46 Å². The molecule has 0 fully saturated rings. The number of pyridine rings is 2. The molecule has 0 radical (unpaired) electrons. The van der Waals surface area contributed by atoms with E-state index in [-0.39, 0.29) is 11.3 Å². The Morgan fingerprint density at radius 3 is 2.56 bits per heavy atom. The van der Waals surface area contributed by atoms with Crippen LogP contribution in [0.4, 0.5) is 23.2 Å². The van der Waals surface area contributed by atoms with Crippen LogP contribution in [0, 0.1) is 23.3 Å². The van der Waals surface area contributed by atoms with Gasteiger partial charge in [-0.1, -0.05) is 0 Å². The minimum Gasteiger partial charge on any atom is -0.480 e. The molecule has 14 heteroatoms. The Balaban J connectivity index is 1.60. The highest BCUT2D eigenvalue weighted by molar-refractivity contribution is 7.92. The van der Waals surface area contributed by atoms with E-state index in [1.165, 1.54) is 23.0 Å². The van der Waals surface area contributed by atoms with Crippen LogP contribution in [-0.2, 0) is 10.0 Å². The second kappa shape index (κ2) is 8.64. The van der Waals surface area contributed by atoms with Gasteiger partial charge in [0.1, 0.15) is 17.2 Å². The molecule has 0 atom stereocenters. The summed E-state index contributed by atoms with van der Waals surface area (Å²) in [6.07, 6.45) is 6.28. The molecule has 0 aliphatic heterocycles. The fourth-order valence-electron chi connectivity index (χ4n) is 3.62. The topological polar surface area (TPSA) is 114 Å². The van der Waals surface area contributed by atoms with Gasteiger partial charge in [-0.25, -0.2) is 40.9 Å². The van der Waals surface area contributed by atoms with Gasteiger partial charge in [0.25, 0.3) is 10.0 Å². The smallest absolute Gasteiger partial charge is 0.267 e. The third-order valence-corrected chi connectivity index (χ3v) is 6.59. The Morgan fingerprint density at radius 2 is 1.83 bits per heavy atom. The molecule has 2 N–H and O–H groups in total. The number of nitrogens with one attached hydrogen (secondary N) is 2. The number of ether oxygens (including phenoxy) is 1. The summed E-state index contributed by atoms with van der Waals surface area (Å²) in [6, 6.07) is 3.33. The van der Waals surface area contributed by atoms with E-state index in [0.717, 1.165) is 31.5 Å². The van der Waals surface area contributed by atoms with E-state index in [4.69, 9.17) is 4.74 Å². The Morgan fingerprint density at radius 1 is 1.03 bits per heavy atom. The Bertz CT molecular complexity index is 1720. The first-order valence-electron chi connectivity index (χ1n) is 10.1. The Labute approximate surface area is 200 Å². The number of aromatic nitrogens is 5. The van der Waals surface area contributed by atoms with Crippen LogP contribution in [0.5, 0.6) is 5.88 Å². The van der Waals surface area contributed by atoms with Crippen LogP contribution in [-0.4, -0.2) is 39.9 Å².